The molecule has 0 aliphatic carbocycles. The maximum atomic E-state index is 12.7. The first-order valence-electron chi connectivity index (χ1n) is 11.1. The van der Waals surface area contributed by atoms with Gasteiger partial charge in [0.2, 0.25) is 10.0 Å². The van der Waals surface area contributed by atoms with E-state index in [0.717, 1.165) is 33.0 Å². The Bertz CT molecular complexity index is 1420. The van der Waals surface area contributed by atoms with Crippen molar-refractivity contribution in [3.8, 4) is 0 Å². The van der Waals surface area contributed by atoms with Crippen molar-refractivity contribution in [1.82, 2.24) is 5.32 Å². The number of benzene rings is 4. The normalized spacial score (nSPS) is 11.4. The first-order valence-corrected chi connectivity index (χ1v) is 13.0. The van der Waals surface area contributed by atoms with Crippen molar-refractivity contribution < 1.29 is 13.2 Å². The van der Waals surface area contributed by atoms with Gasteiger partial charge in [-0.2, -0.15) is 0 Å². The lowest BCUT2D eigenvalue weighted by Crippen LogP contribution is -2.30. The van der Waals surface area contributed by atoms with Gasteiger partial charge in [-0.3, -0.25) is 9.10 Å². The Labute approximate surface area is 201 Å². The van der Waals surface area contributed by atoms with Crippen LogP contribution in [0.15, 0.2) is 84.9 Å². The van der Waals surface area contributed by atoms with Crippen molar-refractivity contribution in [2.75, 3.05) is 10.6 Å². The number of carbonyl (C=O) groups excluding carboxylic acids is 1. The molecule has 0 radical (unpaired) electrons. The van der Waals surface area contributed by atoms with Gasteiger partial charge in [-0.15, -0.1) is 0 Å². The number of para-hydroxylation sites is 1. The first-order chi connectivity index (χ1) is 16.2. The molecule has 0 saturated carbocycles. The van der Waals surface area contributed by atoms with E-state index < -0.39 is 10.0 Å². The maximum absolute atomic E-state index is 12.7. The third-order valence-corrected chi connectivity index (χ3v) is 7.06. The van der Waals surface area contributed by atoms with Gasteiger partial charge in [0.1, 0.15) is 0 Å². The predicted molar refractivity (Wildman–Crippen MR) is 139 cm³/mol. The van der Waals surface area contributed by atoms with Gasteiger partial charge in [0.15, 0.2) is 0 Å². The van der Waals surface area contributed by atoms with Gasteiger partial charge in [0, 0.05) is 12.1 Å². The number of hydrogen-bond donors (Lipinski definition) is 1. The summed E-state index contributed by atoms with van der Waals surface area (Å²) in [5.41, 5.74) is 4.88. The zero-order valence-corrected chi connectivity index (χ0v) is 20.4. The molecule has 0 aromatic heterocycles. The smallest absolute Gasteiger partial charge is 0.251 e. The van der Waals surface area contributed by atoms with Crippen LogP contribution in [0, 0.1) is 13.8 Å². The van der Waals surface area contributed by atoms with E-state index >= 15 is 0 Å². The number of nitrogens with one attached hydrogen (secondary N) is 1. The van der Waals surface area contributed by atoms with Gasteiger partial charge in [-0.1, -0.05) is 72.8 Å². The molecule has 0 atom stereocenters. The molecule has 4 aromatic carbocycles. The number of aryl methyl sites for hydroxylation is 2. The Hall–Kier alpha value is -3.64. The average molecular weight is 473 g/mol. The summed E-state index contributed by atoms with van der Waals surface area (Å²) in [5.74, 6) is -0.172. The molecule has 0 fully saturated rings. The Morgan fingerprint density at radius 2 is 1.44 bits per heavy atom. The van der Waals surface area contributed by atoms with Crippen molar-refractivity contribution in [1.29, 1.82) is 0 Å². The summed E-state index contributed by atoms with van der Waals surface area (Å²) in [5, 5.41) is 5.24. The fourth-order valence-corrected chi connectivity index (χ4v) is 5.22. The molecular formula is C28H28N2O3S. The molecule has 1 amide bonds. The fraction of sp³-hybridized carbons (Fsp3) is 0.179. The SMILES string of the molecule is Cc1cccc(C)c1N(Cc1ccc(C(=O)NCc2cccc3ccccc23)cc1)S(C)(=O)=O. The van der Waals surface area contributed by atoms with Crippen molar-refractivity contribution in [3.05, 3.63) is 113 Å². The minimum Gasteiger partial charge on any atom is -0.348 e. The van der Waals surface area contributed by atoms with E-state index in [1.165, 1.54) is 10.6 Å². The molecule has 4 aromatic rings. The molecule has 0 heterocycles. The fourth-order valence-electron chi connectivity index (χ4n) is 4.21. The number of amides is 1. The molecule has 0 bridgehead atoms. The van der Waals surface area contributed by atoms with Crippen molar-refractivity contribution in [3.63, 3.8) is 0 Å². The first kappa shape index (κ1) is 23.5. The zero-order valence-electron chi connectivity index (χ0n) is 19.6. The Balaban J connectivity index is 1.49. The van der Waals surface area contributed by atoms with E-state index in [9.17, 15) is 13.2 Å². The number of fused-ring (bicyclic) bond motifs is 1. The van der Waals surface area contributed by atoms with Crippen molar-refractivity contribution in [2.24, 2.45) is 0 Å². The highest BCUT2D eigenvalue weighted by Crippen LogP contribution is 2.28. The molecule has 4 rings (SSSR count). The minimum absolute atomic E-state index is 0.172. The van der Waals surface area contributed by atoms with Gasteiger partial charge in [-0.05, 0) is 59.0 Å². The highest BCUT2D eigenvalue weighted by Gasteiger charge is 2.21. The third-order valence-electron chi connectivity index (χ3n) is 5.95. The summed E-state index contributed by atoms with van der Waals surface area (Å²) >= 11 is 0. The number of rotatable bonds is 7. The Kier molecular flexibility index (Phi) is 6.70. The van der Waals surface area contributed by atoms with E-state index in [0.29, 0.717) is 17.8 Å². The lowest BCUT2D eigenvalue weighted by molar-refractivity contribution is 0.0951. The van der Waals surface area contributed by atoms with Gasteiger partial charge in [0.05, 0.1) is 18.5 Å². The average Bonchev–Trinajstić information content (AvgIpc) is 2.81. The monoisotopic (exact) mass is 472 g/mol. The molecule has 0 unspecified atom stereocenters. The molecule has 0 spiro atoms. The van der Waals surface area contributed by atoms with E-state index in [-0.39, 0.29) is 12.5 Å². The second-order valence-electron chi connectivity index (χ2n) is 8.53. The van der Waals surface area contributed by atoms with E-state index in [2.05, 4.69) is 23.5 Å². The summed E-state index contributed by atoms with van der Waals surface area (Å²) < 4.78 is 26.6. The quantitative estimate of drug-likeness (QED) is 0.394. The van der Waals surface area contributed by atoms with E-state index in [1.807, 2.05) is 56.3 Å². The number of carbonyl (C=O) groups is 1. The molecule has 174 valence electrons. The summed E-state index contributed by atoms with van der Waals surface area (Å²) in [6, 6.07) is 27.0. The largest absolute Gasteiger partial charge is 0.348 e. The molecular weight excluding hydrogens is 444 g/mol. The second-order valence-corrected chi connectivity index (χ2v) is 10.4. The molecule has 0 saturated heterocycles. The van der Waals surface area contributed by atoms with Crippen LogP contribution < -0.4 is 9.62 Å². The van der Waals surface area contributed by atoms with Crippen LogP contribution in [0.1, 0.15) is 32.6 Å². The lowest BCUT2D eigenvalue weighted by atomic mass is 10.0. The maximum Gasteiger partial charge on any atom is 0.251 e. The molecule has 1 N–H and O–H groups in total. The molecule has 0 aliphatic rings. The van der Waals surface area contributed by atoms with Crippen LogP contribution in [0.25, 0.3) is 10.8 Å². The highest BCUT2D eigenvalue weighted by atomic mass is 32.2. The molecule has 34 heavy (non-hydrogen) atoms. The van der Waals surface area contributed by atoms with Crippen LogP contribution in [0.5, 0.6) is 0 Å². The summed E-state index contributed by atoms with van der Waals surface area (Å²) in [6.07, 6.45) is 1.22. The number of sulfonamides is 1. The summed E-state index contributed by atoms with van der Waals surface area (Å²) in [7, 11) is -3.49. The standard InChI is InChI=1S/C28H28N2O3S/c1-20-8-6-9-21(2)27(20)30(34(3,32)33)19-22-14-16-24(17-15-22)28(31)29-18-25-12-7-11-23-10-4-5-13-26(23)25/h4-17H,18-19H2,1-3H3,(H,29,31). The number of hydrogen-bond acceptors (Lipinski definition) is 3. The van der Waals surface area contributed by atoms with Crippen LogP contribution in [0.2, 0.25) is 0 Å². The highest BCUT2D eigenvalue weighted by molar-refractivity contribution is 7.92. The van der Waals surface area contributed by atoms with Crippen LogP contribution >= 0.6 is 0 Å². The number of anilines is 1. The van der Waals surface area contributed by atoms with Crippen LogP contribution in [0.4, 0.5) is 5.69 Å². The van der Waals surface area contributed by atoms with Crippen LogP contribution in [-0.2, 0) is 23.1 Å². The van der Waals surface area contributed by atoms with E-state index in [4.69, 9.17) is 0 Å². The van der Waals surface area contributed by atoms with Crippen molar-refractivity contribution >= 4 is 32.4 Å². The van der Waals surface area contributed by atoms with Gasteiger partial charge in [0.25, 0.3) is 5.91 Å². The molecule has 5 nitrogen and oxygen atoms in total. The minimum atomic E-state index is -3.49. The predicted octanol–water partition coefficient (Wildman–Crippen LogP) is 5.35. The van der Waals surface area contributed by atoms with E-state index in [1.54, 1.807) is 24.3 Å². The Morgan fingerprint density at radius 3 is 2.12 bits per heavy atom. The molecule has 0 aliphatic heterocycles. The van der Waals surface area contributed by atoms with Gasteiger partial charge >= 0.3 is 0 Å². The van der Waals surface area contributed by atoms with Crippen LogP contribution in [-0.4, -0.2) is 20.6 Å². The summed E-state index contributed by atoms with van der Waals surface area (Å²) in [6.45, 7) is 4.44. The molecule has 6 heteroatoms. The van der Waals surface area contributed by atoms with Crippen molar-refractivity contribution in [2.45, 2.75) is 26.9 Å². The third kappa shape index (κ3) is 5.13. The zero-order chi connectivity index (χ0) is 24.3. The van der Waals surface area contributed by atoms with Gasteiger partial charge < -0.3 is 5.32 Å². The second kappa shape index (κ2) is 9.69. The van der Waals surface area contributed by atoms with Crippen LogP contribution in [0.3, 0.4) is 0 Å². The Morgan fingerprint density at radius 1 is 0.824 bits per heavy atom. The summed E-state index contributed by atoms with van der Waals surface area (Å²) in [4.78, 5) is 12.7. The lowest BCUT2D eigenvalue weighted by Gasteiger charge is -2.26. The van der Waals surface area contributed by atoms with Gasteiger partial charge in [-0.25, -0.2) is 8.42 Å². The topological polar surface area (TPSA) is 66.5 Å². The number of nitrogens with zero attached hydrogens (tertiary/aromatic N) is 1.